The average Bonchev–Trinajstić information content (AvgIpc) is 2.68. The largest absolute Gasteiger partial charge is 0.495 e. The van der Waals surface area contributed by atoms with E-state index in [1.807, 2.05) is 6.07 Å². The summed E-state index contributed by atoms with van der Waals surface area (Å²) in [5.41, 5.74) is 0.924. The summed E-state index contributed by atoms with van der Waals surface area (Å²) < 4.78 is 33.8. The van der Waals surface area contributed by atoms with E-state index in [4.69, 9.17) is 4.74 Å². The van der Waals surface area contributed by atoms with Crippen molar-refractivity contribution in [1.29, 1.82) is 0 Å². The topological polar surface area (TPSA) is 75.7 Å². The van der Waals surface area contributed by atoms with Crippen LogP contribution in [0, 0.1) is 3.57 Å². The van der Waals surface area contributed by atoms with Gasteiger partial charge in [0.15, 0.2) is 0 Å². The lowest BCUT2D eigenvalue weighted by Crippen LogP contribution is -2.35. The average molecular weight is 500 g/mol. The zero-order chi connectivity index (χ0) is 19.4. The van der Waals surface area contributed by atoms with Crippen LogP contribution in [-0.4, -0.2) is 38.8 Å². The third kappa shape index (κ3) is 4.61. The van der Waals surface area contributed by atoms with Crippen molar-refractivity contribution in [2.45, 2.75) is 24.2 Å². The number of methoxy groups -OCH3 is 1. The Labute approximate surface area is 173 Å². The van der Waals surface area contributed by atoms with Gasteiger partial charge in [-0.05, 0) is 71.8 Å². The van der Waals surface area contributed by atoms with Crippen LogP contribution in [0.5, 0.6) is 5.75 Å². The normalized spacial score (nSPS) is 15.3. The molecule has 1 fully saturated rings. The predicted molar refractivity (Wildman–Crippen MR) is 113 cm³/mol. The van der Waals surface area contributed by atoms with Crippen molar-refractivity contribution in [2.24, 2.45) is 0 Å². The smallest absolute Gasteiger partial charge is 0.255 e. The highest BCUT2D eigenvalue weighted by Crippen LogP contribution is 2.31. The number of hydrogen-bond donors (Lipinski definition) is 1. The summed E-state index contributed by atoms with van der Waals surface area (Å²) in [6.45, 7) is 1.01. The first-order chi connectivity index (χ1) is 12.9. The van der Waals surface area contributed by atoms with Crippen LogP contribution in [0.2, 0.25) is 0 Å². The van der Waals surface area contributed by atoms with Gasteiger partial charge < -0.3 is 10.1 Å². The highest BCUT2D eigenvalue weighted by Gasteiger charge is 2.29. The number of nitrogens with one attached hydrogen (secondary N) is 1. The maximum atomic E-state index is 13.1. The molecular weight excluding hydrogens is 479 g/mol. The van der Waals surface area contributed by atoms with Crippen molar-refractivity contribution in [3.05, 3.63) is 51.6 Å². The molecule has 0 aliphatic carbocycles. The van der Waals surface area contributed by atoms with Crippen molar-refractivity contribution in [3.8, 4) is 5.75 Å². The van der Waals surface area contributed by atoms with Crippen LogP contribution in [0.1, 0.15) is 29.6 Å². The SMILES string of the molecule is COc1ccc(NC(=O)c2cccc(I)c2)cc1S(=O)(=O)N1CCCCC1. The summed E-state index contributed by atoms with van der Waals surface area (Å²) in [6, 6.07) is 11.9. The van der Waals surface area contributed by atoms with Gasteiger partial charge in [-0.2, -0.15) is 4.31 Å². The third-order valence-electron chi connectivity index (χ3n) is 4.44. The Kier molecular flexibility index (Phi) is 6.38. The second kappa shape index (κ2) is 8.57. The molecule has 0 bridgehead atoms. The molecule has 2 aromatic rings. The van der Waals surface area contributed by atoms with Crippen LogP contribution in [0.3, 0.4) is 0 Å². The van der Waals surface area contributed by atoms with Gasteiger partial charge in [-0.1, -0.05) is 12.5 Å². The van der Waals surface area contributed by atoms with Gasteiger partial charge in [0, 0.05) is 27.9 Å². The molecule has 0 spiro atoms. The van der Waals surface area contributed by atoms with Gasteiger partial charge >= 0.3 is 0 Å². The predicted octanol–water partition coefficient (Wildman–Crippen LogP) is 3.73. The number of benzene rings is 2. The molecule has 2 aromatic carbocycles. The number of rotatable bonds is 5. The van der Waals surface area contributed by atoms with Crippen molar-refractivity contribution in [2.75, 3.05) is 25.5 Å². The Morgan fingerprint density at radius 2 is 1.85 bits per heavy atom. The minimum Gasteiger partial charge on any atom is -0.495 e. The quantitative estimate of drug-likeness (QED) is 0.636. The minimum absolute atomic E-state index is 0.0762. The second-order valence-electron chi connectivity index (χ2n) is 6.29. The Balaban J connectivity index is 1.90. The molecule has 1 aliphatic rings. The molecule has 8 heteroatoms. The molecular formula is C19H21IN2O4S. The van der Waals surface area contributed by atoms with Crippen LogP contribution in [0.4, 0.5) is 5.69 Å². The molecule has 0 unspecified atom stereocenters. The van der Waals surface area contributed by atoms with E-state index in [0.29, 0.717) is 24.3 Å². The number of carbonyl (C=O) groups excluding carboxylic acids is 1. The summed E-state index contributed by atoms with van der Waals surface area (Å²) in [7, 11) is -2.24. The van der Waals surface area contributed by atoms with Gasteiger partial charge in [-0.3, -0.25) is 4.79 Å². The Morgan fingerprint density at radius 1 is 1.11 bits per heavy atom. The summed E-state index contributed by atoms with van der Waals surface area (Å²) in [6.07, 6.45) is 2.74. The van der Waals surface area contributed by atoms with E-state index in [2.05, 4.69) is 27.9 Å². The van der Waals surface area contributed by atoms with Crippen LogP contribution in [0.15, 0.2) is 47.4 Å². The zero-order valence-corrected chi connectivity index (χ0v) is 17.9. The van der Waals surface area contributed by atoms with E-state index in [-0.39, 0.29) is 16.6 Å². The highest BCUT2D eigenvalue weighted by atomic mass is 127. The minimum atomic E-state index is -3.68. The number of anilines is 1. The standard InChI is InChI=1S/C19H21IN2O4S/c1-26-17-9-8-16(21-19(23)14-6-5-7-15(20)12-14)13-18(17)27(24,25)22-10-3-2-4-11-22/h5-9,12-13H,2-4,10-11H2,1H3,(H,21,23). The molecule has 0 radical (unpaired) electrons. The molecule has 3 rings (SSSR count). The number of halogens is 1. The molecule has 1 heterocycles. The van der Waals surface area contributed by atoms with Crippen molar-refractivity contribution >= 4 is 44.2 Å². The van der Waals surface area contributed by atoms with Gasteiger partial charge in [0.1, 0.15) is 10.6 Å². The monoisotopic (exact) mass is 500 g/mol. The van der Waals surface area contributed by atoms with Gasteiger partial charge in [0.05, 0.1) is 7.11 Å². The summed E-state index contributed by atoms with van der Waals surface area (Å²) >= 11 is 2.14. The molecule has 0 saturated carbocycles. The van der Waals surface area contributed by atoms with Crippen molar-refractivity contribution in [3.63, 3.8) is 0 Å². The Hall–Kier alpha value is -1.65. The van der Waals surface area contributed by atoms with E-state index < -0.39 is 10.0 Å². The van der Waals surface area contributed by atoms with Gasteiger partial charge in [-0.15, -0.1) is 0 Å². The molecule has 1 amide bonds. The van der Waals surface area contributed by atoms with Gasteiger partial charge in [0.2, 0.25) is 10.0 Å². The van der Waals surface area contributed by atoms with Crippen molar-refractivity contribution < 1.29 is 17.9 Å². The lowest BCUT2D eigenvalue weighted by molar-refractivity contribution is 0.102. The maximum absolute atomic E-state index is 13.1. The lowest BCUT2D eigenvalue weighted by Gasteiger charge is -2.26. The first-order valence-corrected chi connectivity index (χ1v) is 11.2. The second-order valence-corrected chi connectivity index (χ2v) is 9.45. The van der Waals surface area contributed by atoms with E-state index in [9.17, 15) is 13.2 Å². The molecule has 0 atom stereocenters. The van der Waals surface area contributed by atoms with E-state index in [1.54, 1.807) is 30.3 Å². The van der Waals surface area contributed by atoms with Crippen LogP contribution in [0.25, 0.3) is 0 Å². The van der Waals surface area contributed by atoms with E-state index >= 15 is 0 Å². The number of ether oxygens (including phenoxy) is 1. The molecule has 144 valence electrons. The molecule has 1 N–H and O–H groups in total. The highest BCUT2D eigenvalue weighted by molar-refractivity contribution is 14.1. The van der Waals surface area contributed by atoms with E-state index in [1.165, 1.54) is 17.5 Å². The first kappa shape index (κ1) is 20.1. The molecule has 27 heavy (non-hydrogen) atoms. The van der Waals surface area contributed by atoms with Gasteiger partial charge in [-0.25, -0.2) is 8.42 Å². The van der Waals surface area contributed by atoms with E-state index in [0.717, 1.165) is 22.8 Å². The number of hydrogen-bond acceptors (Lipinski definition) is 4. The third-order valence-corrected chi connectivity index (χ3v) is 7.03. The molecule has 1 aliphatic heterocycles. The fraction of sp³-hybridized carbons (Fsp3) is 0.316. The maximum Gasteiger partial charge on any atom is 0.255 e. The Morgan fingerprint density at radius 3 is 2.52 bits per heavy atom. The fourth-order valence-electron chi connectivity index (χ4n) is 3.03. The van der Waals surface area contributed by atoms with Crippen molar-refractivity contribution in [1.82, 2.24) is 4.31 Å². The molecule has 6 nitrogen and oxygen atoms in total. The number of amides is 1. The molecule has 0 aromatic heterocycles. The summed E-state index contributed by atoms with van der Waals surface area (Å²) in [5.74, 6) is -0.0205. The van der Waals surface area contributed by atoms with Crippen LogP contribution < -0.4 is 10.1 Å². The van der Waals surface area contributed by atoms with Gasteiger partial charge in [0.25, 0.3) is 5.91 Å². The Bertz CT molecular complexity index is 940. The number of sulfonamides is 1. The number of carbonyl (C=O) groups is 1. The zero-order valence-electron chi connectivity index (χ0n) is 14.9. The first-order valence-electron chi connectivity index (χ1n) is 8.67. The fourth-order valence-corrected chi connectivity index (χ4v) is 5.28. The lowest BCUT2D eigenvalue weighted by atomic mass is 10.2. The summed E-state index contributed by atoms with van der Waals surface area (Å²) in [4.78, 5) is 12.6. The molecule has 1 saturated heterocycles. The number of nitrogens with zero attached hydrogens (tertiary/aromatic N) is 1. The number of piperidine rings is 1. The van der Waals surface area contributed by atoms with Crippen LogP contribution in [-0.2, 0) is 10.0 Å². The van der Waals surface area contributed by atoms with Crippen LogP contribution >= 0.6 is 22.6 Å². The summed E-state index contributed by atoms with van der Waals surface area (Å²) in [5, 5.41) is 2.77.